The van der Waals surface area contributed by atoms with Crippen LogP contribution in [0.15, 0.2) is 47.4 Å². The number of carbonyl (C=O) groups excluding carboxylic acids is 1. The zero-order valence-electron chi connectivity index (χ0n) is 22.1. The normalized spacial score (nSPS) is 12.9. The van der Waals surface area contributed by atoms with E-state index in [0.717, 1.165) is 22.3 Å². The zero-order valence-corrected chi connectivity index (χ0v) is 22.1. The Morgan fingerprint density at radius 1 is 1.08 bits per heavy atom. The van der Waals surface area contributed by atoms with Crippen LogP contribution in [0.2, 0.25) is 0 Å². The molecule has 37 heavy (non-hydrogen) atoms. The van der Waals surface area contributed by atoms with E-state index in [2.05, 4.69) is 10.3 Å². The van der Waals surface area contributed by atoms with Crippen LogP contribution < -0.4 is 10.9 Å². The summed E-state index contributed by atoms with van der Waals surface area (Å²) in [6, 6.07) is 8.42. The summed E-state index contributed by atoms with van der Waals surface area (Å²) in [4.78, 5) is 42.4. The van der Waals surface area contributed by atoms with Gasteiger partial charge in [0.25, 0.3) is 5.56 Å². The summed E-state index contributed by atoms with van der Waals surface area (Å²) < 4.78 is 16.8. The van der Waals surface area contributed by atoms with Gasteiger partial charge < -0.3 is 15.0 Å². The van der Waals surface area contributed by atoms with Crippen LogP contribution in [0.4, 0.5) is 4.39 Å². The fourth-order valence-electron chi connectivity index (χ4n) is 4.60. The first kappa shape index (κ1) is 27.8. The number of aryl methyl sites for hydroxylation is 4. The molecule has 0 aliphatic heterocycles. The third kappa shape index (κ3) is 6.50. The number of aliphatic carboxylic acids is 1. The van der Waals surface area contributed by atoms with Crippen molar-refractivity contribution in [3.63, 3.8) is 0 Å². The largest absolute Gasteiger partial charge is 0.481 e. The minimum absolute atomic E-state index is 0.0421. The lowest BCUT2D eigenvalue weighted by atomic mass is 9.95. The maximum Gasteiger partial charge on any atom is 0.305 e. The first-order valence-corrected chi connectivity index (χ1v) is 12.3. The monoisotopic (exact) mass is 507 g/mol. The Morgan fingerprint density at radius 2 is 1.73 bits per heavy atom. The average molecular weight is 508 g/mol. The van der Waals surface area contributed by atoms with Gasteiger partial charge in [-0.05, 0) is 68.9 Å². The topological polar surface area (TPSA) is 101 Å². The zero-order chi connectivity index (χ0) is 27.4. The minimum atomic E-state index is -1.19. The summed E-state index contributed by atoms with van der Waals surface area (Å²) in [5.41, 5.74) is 3.80. The number of pyridine rings is 2. The van der Waals surface area contributed by atoms with Crippen molar-refractivity contribution in [2.75, 3.05) is 0 Å². The van der Waals surface area contributed by atoms with Gasteiger partial charge in [0, 0.05) is 23.4 Å². The molecule has 2 aromatic heterocycles. The summed E-state index contributed by atoms with van der Waals surface area (Å²) in [6.07, 6.45) is 1.38. The van der Waals surface area contributed by atoms with Crippen LogP contribution in [0, 0.1) is 39.4 Å². The number of carbonyl (C=O) groups is 2. The summed E-state index contributed by atoms with van der Waals surface area (Å²) in [5, 5.41) is 12.4. The van der Waals surface area contributed by atoms with Crippen molar-refractivity contribution >= 4 is 11.9 Å². The molecule has 0 saturated heterocycles. The van der Waals surface area contributed by atoms with Crippen LogP contribution in [0.3, 0.4) is 0 Å². The lowest BCUT2D eigenvalue weighted by molar-refractivity contribution is -0.138. The van der Waals surface area contributed by atoms with Crippen LogP contribution in [0.5, 0.6) is 0 Å². The molecule has 2 heterocycles. The van der Waals surface area contributed by atoms with E-state index in [-0.39, 0.29) is 22.7 Å². The van der Waals surface area contributed by atoms with Crippen molar-refractivity contribution < 1.29 is 19.1 Å². The SMILES string of the molecule is Cc1ccn([C@@H](CC(C)C)C(=O)N[C@@H](CC(=O)O)c2cc(-c3c(C)cccc3C)nc(C)c2F)c(=O)c1. The Morgan fingerprint density at radius 3 is 2.30 bits per heavy atom. The molecule has 0 aliphatic rings. The predicted octanol–water partition coefficient (Wildman–Crippen LogP) is 5.20. The van der Waals surface area contributed by atoms with E-state index in [0.29, 0.717) is 12.1 Å². The fraction of sp³-hybridized carbons (Fsp3) is 0.379. The number of hydrogen-bond acceptors (Lipinski definition) is 4. The molecule has 0 unspecified atom stereocenters. The van der Waals surface area contributed by atoms with Gasteiger partial charge in [-0.15, -0.1) is 0 Å². The second-order valence-corrected chi connectivity index (χ2v) is 10.0. The lowest BCUT2D eigenvalue weighted by Gasteiger charge is -2.25. The standard InChI is InChI=1S/C29H34FN3O4/c1-16(2)12-24(33-11-10-17(3)13-25(33)34)29(37)32-22(15-26(35)36)21-14-23(31-20(6)28(21)30)27-18(4)8-7-9-19(27)5/h7-11,13-14,16,22,24H,12,15H2,1-6H3,(H,32,37)(H,35,36)/t22-,24-/m0/s1. The summed E-state index contributed by atoms with van der Waals surface area (Å²) >= 11 is 0. The van der Waals surface area contributed by atoms with Gasteiger partial charge in [-0.25, -0.2) is 4.39 Å². The van der Waals surface area contributed by atoms with E-state index in [1.807, 2.05) is 45.9 Å². The van der Waals surface area contributed by atoms with Crippen LogP contribution >= 0.6 is 0 Å². The second kappa shape index (κ2) is 11.5. The van der Waals surface area contributed by atoms with Crippen molar-refractivity contribution in [3.05, 3.63) is 86.7 Å². The van der Waals surface area contributed by atoms with Gasteiger partial charge in [0.2, 0.25) is 5.91 Å². The van der Waals surface area contributed by atoms with Crippen LogP contribution in [0.1, 0.15) is 66.7 Å². The molecular formula is C29H34FN3O4. The Balaban J connectivity index is 2.09. The van der Waals surface area contributed by atoms with Gasteiger partial charge >= 0.3 is 5.97 Å². The second-order valence-electron chi connectivity index (χ2n) is 10.0. The summed E-state index contributed by atoms with van der Waals surface area (Å²) in [5.74, 6) is -2.35. The number of amides is 1. The molecule has 3 aromatic rings. The molecule has 3 rings (SSSR count). The lowest BCUT2D eigenvalue weighted by Crippen LogP contribution is -2.40. The van der Waals surface area contributed by atoms with E-state index in [4.69, 9.17) is 0 Å². The maximum absolute atomic E-state index is 15.4. The van der Waals surface area contributed by atoms with Gasteiger partial charge in [0.1, 0.15) is 11.9 Å². The Bertz CT molecular complexity index is 1360. The Labute approximate surface area is 216 Å². The highest BCUT2D eigenvalue weighted by Crippen LogP contribution is 2.31. The minimum Gasteiger partial charge on any atom is -0.481 e. The average Bonchev–Trinajstić information content (AvgIpc) is 2.79. The Hall–Kier alpha value is -3.81. The number of hydrogen-bond donors (Lipinski definition) is 2. The molecule has 8 heteroatoms. The number of carboxylic acid groups (broad SMARTS) is 1. The van der Waals surface area contributed by atoms with Gasteiger partial charge in [0.15, 0.2) is 0 Å². The molecule has 2 N–H and O–H groups in total. The number of nitrogens with zero attached hydrogens (tertiary/aromatic N) is 2. The molecule has 0 spiro atoms. The highest BCUT2D eigenvalue weighted by Gasteiger charge is 2.29. The molecule has 0 bridgehead atoms. The predicted molar refractivity (Wildman–Crippen MR) is 141 cm³/mol. The third-order valence-corrected chi connectivity index (χ3v) is 6.40. The van der Waals surface area contributed by atoms with E-state index in [1.54, 1.807) is 19.2 Å². The van der Waals surface area contributed by atoms with Crippen molar-refractivity contribution in [3.8, 4) is 11.3 Å². The van der Waals surface area contributed by atoms with Gasteiger partial charge in [-0.3, -0.25) is 19.4 Å². The molecule has 2 atom stereocenters. The molecule has 0 fully saturated rings. The van der Waals surface area contributed by atoms with Crippen molar-refractivity contribution in [1.29, 1.82) is 0 Å². The number of carboxylic acids is 1. The first-order chi connectivity index (χ1) is 17.4. The van der Waals surface area contributed by atoms with Gasteiger partial charge in [-0.2, -0.15) is 0 Å². The summed E-state index contributed by atoms with van der Waals surface area (Å²) in [6.45, 7) is 11.0. The van der Waals surface area contributed by atoms with E-state index < -0.39 is 36.2 Å². The highest BCUT2D eigenvalue weighted by atomic mass is 19.1. The van der Waals surface area contributed by atoms with E-state index >= 15 is 4.39 Å². The number of benzene rings is 1. The van der Waals surface area contributed by atoms with Crippen molar-refractivity contribution in [2.45, 2.75) is 66.5 Å². The number of rotatable bonds is 9. The quantitative estimate of drug-likeness (QED) is 0.414. The molecule has 0 radical (unpaired) electrons. The molecule has 196 valence electrons. The number of nitrogens with one attached hydrogen (secondary N) is 1. The molecule has 0 saturated carbocycles. The van der Waals surface area contributed by atoms with Crippen molar-refractivity contribution in [1.82, 2.24) is 14.9 Å². The third-order valence-electron chi connectivity index (χ3n) is 6.40. The maximum atomic E-state index is 15.4. The van der Waals surface area contributed by atoms with Gasteiger partial charge in [-0.1, -0.05) is 32.0 Å². The smallest absolute Gasteiger partial charge is 0.305 e. The molecule has 1 aromatic carbocycles. The molecular weight excluding hydrogens is 473 g/mol. The fourth-order valence-corrected chi connectivity index (χ4v) is 4.60. The van der Waals surface area contributed by atoms with E-state index in [1.165, 1.54) is 23.6 Å². The van der Waals surface area contributed by atoms with E-state index in [9.17, 15) is 19.5 Å². The highest BCUT2D eigenvalue weighted by molar-refractivity contribution is 5.82. The first-order valence-electron chi connectivity index (χ1n) is 12.3. The van der Waals surface area contributed by atoms with Crippen LogP contribution in [0.25, 0.3) is 11.3 Å². The van der Waals surface area contributed by atoms with Gasteiger partial charge in [0.05, 0.1) is 23.9 Å². The number of aromatic nitrogens is 2. The van der Waals surface area contributed by atoms with Crippen LogP contribution in [-0.4, -0.2) is 26.5 Å². The number of halogens is 1. The Kier molecular flexibility index (Phi) is 8.63. The molecule has 7 nitrogen and oxygen atoms in total. The van der Waals surface area contributed by atoms with Crippen molar-refractivity contribution in [2.24, 2.45) is 5.92 Å². The molecule has 1 amide bonds. The summed E-state index contributed by atoms with van der Waals surface area (Å²) in [7, 11) is 0. The van der Waals surface area contributed by atoms with Crippen LogP contribution in [-0.2, 0) is 9.59 Å². The molecule has 0 aliphatic carbocycles.